The molecular weight excluding hydrogens is 284 g/mol. The minimum atomic E-state index is -0.429. The van der Waals surface area contributed by atoms with E-state index in [0.29, 0.717) is 6.54 Å². The molecule has 122 valence electrons. The summed E-state index contributed by atoms with van der Waals surface area (Å²) in [5.41, 5.74) is -0.342. The number of hydrogen-bond acceptors (Lipinski definition) is 4. The first-order chi connectivity index (χ1) is 9.89. The quantitative estimate of drug-likeness (QED) is 0.818. The van der Waals surface area contributed by atoms with Crippen LogP contribution >= 0.6 is 11.8 Å². The van der Waals surface area contributed by atoms with Gasteiger partial charge in [0, 0.05) is 12.1 Å². The Balaban J connectivity index is 1.79. The third-order valence-electron chi connectivity index (χ3n) is 4.32. The number of amides is 1. The van der Waals surface area contributed by atoms with Crippen LogP contribution in [0.3, 0.4) is 0 Å². The molecule has 4 nitrogen and oxygen atoms in total. The standard InChI is InChI=1S/C16H30N2O2S/c1-15(2,3)20-14(19)17-12-16(7-4-5-8-16)18-10-13-6-9-21-11-13/h13,18H,4-12H2,1-3H3,(H,17,19). The molecule has 2 fully saturated rings. The van der Waals surface area contributed by atoms with Gasteiger partial charge in [-0.1, -0.05) is 12.8 Å². The van der Waals surface area contributed by atoms with E-state index in [4.69, 9.17) is 4.74 Å². The van der Waals surface area contributed by atoms with Crippen molar-refractivity contribution in [3.05, 3.63) is 0 Å². The zero-order valence-electron chi connectivity index (χ0n) is 13.7. The summed E-state index contributed by atoms with van der Waals surface area (Å²) < 4.78 is 5.34. The van der Waals surface area contributed by atoms with Gasteiger partial charge in [-0.05, 0) is 64.0 Å². The molecule has 1 atom stereocenters. The highest BCUT2D eigenvalue weighted by atomic mass is 32.2. The van der Waals surface area contributed by atoms with Crippen LogP contribution in [0.25, 0.3) is 0 Å². The van der Waals surface area contributed by atoms with Gasteiger partial charge < -0.3 is 15.4 Å². The Kier molecular flexibility index (Phi) is 5.83. The van der Waals surface area contributed by atoms with Gasteiger partial charge in [-0.3, -0.25) is 0 Å². The van der Waals surface area contributed by atoms with Gasteiger partial charge in [0.15, 0.2) is 0 Å². The van der Waals surface area contributed by atoms with E-state index in [9.17, 15) is 4.79 Å². The second kappa shape index (κ2) is 7.23. The van der Waals surface area contributed by atoms with Gasteiger partial charge >= 0.3 is 6.09 Å². The molecule has 0 aromatic carbocycles. The molecule has 0 bridgehead atoms. The fraction of sp³-hybridized carbons (Fsp3) is 0.938. The summed E-state index contributed by atoms with van der Waals surface area (Å²) >= 11 is 2.06. The Hall–Kier alpha value is -0.420. The summed E-state index contributed by atoms with van der Waals surface area (Å²) in [6, 6.07) is 0. The lowest BCUT2D eigenvalue weighted by Gasteiger charge is -2.32. The smallest absolute Gasteiger partial charge is 0.407 e. The fourth-order valence-corrected chi connectivity index (χ4v) is 4.41. The predicted octanol–water partition coefficient (Wildman–Crippen LogP) is 3.17. The van der Waals surface area contributed by atoms with Crippen LogP contribution in [0, 0.1) is 5.92 Å². The Morgan fingerprint density at radius 3 is 2.62 bits per heavy atom. The summed E-state index contributed by atoms with van der Waals surface area (Å²) in [5, 5.41) is 6.74. The van der Waals surface area contributed by atoms with E-state index in [-0.39, 0.29) is 11.6 Å². The van der Waals surface area contributed by atoms with Crippen LogP contribution in [0.15, 0.2) is 0 Å². The summed E-state index contributed by atoms with van der Waals surface area (Å²) in [4.78, 5) is 11.9. The molecule has 1 unspecified atom stereocenters. The van der Waals surface area contributed by atoms with Crippen molar-refractivity contribution >= 4 is 17.9 Å². The minimum Gasteiger partial charge on any atom is -0.444 e. The zero-order valence-corrected chi connectivity index (χ0v) is 14.5. The summed E-state index contributed by atoms with van der Waals surface area (Å²) in [5.74, 6) is 3.38. The van der Waals surface area contributed by atoms with Crippen molar-refractivity contribution in [2.45, 2.75) is 64.0 Å². The largest absolute Gasteiger partial charge is 0.444 e. The Labute approximate surface area is 133 Å². The average molecular weight is 314 g/mol. The first-order valence-electron chi connectivity index (χ1n) is 8.18. The summed E-state index contributed by atoms with van der Waals surface area (Å²) in [6.45, 7) is 7.46. The van der Waals surface area contributed by atoms with Gasteiger partial charge in [-0.25, -0.2) is 4.79 Å². The van der Waals surface area contributed by atoms with Gasteiger partial charge in [-0.15, -0.1) is 0 Å². The highest BCUT2D eigenvalue weighted by Gasteiger charge is 2.35. The van der Waals surface area contributed by atoms with E-state index in [1.54, 1.807) is 0 Å². The molecule has 2 N–H and O–H groups in total. The molecule has 1 heterocycles. The molecule has 0 aromatic rings. The van der Waals surface area contributed by atoms with Crippen molar-refractivity contribution < 1.29 is 9.53 Å². The van der Waals surface area contributed by atoms with Crippen LogP contribution in [0.1, 0.15) is 52.9 Å². The minimum absolute atomic E-state index is 0.0875. The van der Waals surface area contributed by atoms with Crippen molar-refractivity contribution in [2.24, 2.45) is 5.92 Å². The second-order valence-electron chi connectivity index (χ2n) is 7.45. The van der Waals surface area contributed by atoms with Crippen molar-refractivity contribution in [2.75, 3.05) is 24.6 Å². The molecule has 1 aliphatic carbocycles. The third kappa shape index (κ3) is 5.70. The van der Waals surface area contributed by atoms with Crippen molar-refractivity contribution in [3.8, 4) is 0 Å². The Bertz CT molecular complexity index is 343. The normalized spacial score (nSPS) is 25.0. The van der Waals surface area contributed by atoms with Crippen LogP contribution in [-0.2, 0) is 4.74 Å². The number of nitrogens with one attached hydrogen (secondary N) is 2. The number of alkyl carbamates (subject to hydrolysis) is 1. The third-order valence-corrected chi connectivity index (χ3v) is 5.55. The monoisotopic (exact) mass is 314 g/mol. The van der Waals surface area contributed by atoms with E-state index >= 15 is 0 Å². The van der Waals surface area contributed by atoms with E-state index in [2.05, 4.69) is 22.4 Å². The topological polar surface area (TPSA) is 50.4 Å². The maximum absolute atomic E-state index is 11.9. The van der Waals surface area contributed by atoms with E-state index in [1.807, 2.05) is 20.8 Å². The molecule has 1 saturated carbocycles. The summed E-state index contributed by atoms with van der Waals surface area (Å²) in [7, 11) is 0. The van der Waals surface area contributed by atoms with Crippen LogP contribution in [-0.4, -0.2) is 41.8 Å². The van der Waals surface area contributed by atoms with E-state index in [0.717, 1.165) is 25.3 Å². The van der Waals surface area contributed by atoms with E-state index < -0.39 is 5.60 Å². The molecular formula is C16H30N2O2S. The van der Waals surface area contributed by atoms with E-state index in [1.165, 1.54) is 30.8 Å². The van der Waals surface area contributed by atoms with Crippen molar-refractivity contribution in [1.82, 2.24) is 10.6 Å². The maximum atomic E-state index is 11.9. The molecule has 0 radical (unpaired) electrons. The van der Waals surface area contributed by atoms with Crippen LogP contribution in [0.2, 0.25) is 0 Å². The van der Waals surface area contributed by atoms with Gasteiger partial charge in [0.1, 0.15) is 5.60 Å². The first-order valence-corrected chi connectivity index (χ1v) is 9.34. The number of carbonyl (C=O) groups excluding carboxylic acids is 1. The maximum Gasteiger partial charge on any atom is 0.407 e. The Morgan fingerprint density at radius 1 is 1.33 bits per heavy atom. The Morgan fingerprint density at radius 2 is 2.05 bits per heavy atom. The number of rotatable bonds is 5. The van der Waals surface area contributed by atoms with Crippen molar-refractivity contribution in [3.63, 3.8) is 0 Å². The zero-order chi connectivity index (χ0) is 15.3. The predicted molar refractivity (Wildman–Crippen MR) is 88.9 cm³/mol. The van der Waals surface area contributed by atoms with Crippen LogP contribution in [0.4, 0.5) is 4.79 Å². The second-order valence-corrected chi connectivity index (χ2v) is 8.60. The molecule has 2 rings (SSSR count). The molecule has 0 aromatic heterocycles. The fourth-order valence-electron chi connectivity index (χ4n) is 3.13. The van der Waals surface area contributed by atoms with Gasteiger partial charge in [0.25, 0.3) is 0 Å². The van der Waals surface area contributed by atoms with Gasteiger partial charge in [0.2, 0.25) is 0 Å². The van der Waals surface area contributed by atoms with Crippen LogP contribution < -0.4 is 10.6 Å². The SMILES string of the molecule is CC(C)(C)OC(=O)NCC1(NCC2CCSC2)CCCC1. The van der Waals surface area contributed by atoms with Crippen LogP contribution in [0.5, 0.6) is 0 Å². The number of thioether (sulfide) groups is 1. The van der Waals surface area contributed by atoms with Crippen molar-refractivity contribution in [1.29, 1.82) is 0 Å². The molecule has 0 spiro atoms. The number of carbonyl (C=O) groups is 1. The summed E-state index contributed by atoms with van der Waals surface area (Å²) in [6.07, 6.45) is 5.84. The van der Waals surface area contributed by atoms with Gasteiger partial charge in [-0.2, -0.15) is 11.8 Å². The molecule has 1 aliphatic heterocycles. The molecule has 1 saturated heterocycles. The number of ether oxygens (including phenoxy) is 1. The van der Waals surface area contributed by atoms with Gasteiger partial charge in [0.05, 0.1) is 0 Å². The first kappa shape index (κ1) is 16.9. The molecule has 1 amide bonds. The average Bonchev–Trinajstić information content (AvgIpc) is 3.05. The molecule has 21 heavy (non-hydrogen) atoms. The highest BCUT2D eigenvalue weighted by molar-refractivity contribution is 7.99. The lowest BCUT2D eigenvalue weighted by atomic mass is 9.96. The molecule has 5 heteroatoms. The lowest BCUT2D eigenvalue weighted by molar-refractivity contribution is 0.0509. The molecule has 2 aliphatic rings. The lowest BCUT2D eigenvalue weighted by Crippen LogP contribution is -2.53. The highest BCUT2D eigenvalue weighted by Crippen LogP contribution is 2.30. The number of hydrogen-bond donors (Lipinski definition) is 2.